The monoisotopic (exact) mass is 411 g/mol. The molecule has 3 heterocycles. The highest BCUT2D eigenvalue weighted by Crippen LogP contribution is 2.27. The van der Waals surface area contributed by atoms with Crippen LogP contribution in [0.2, 0.25) is 0 Å². The molecule has 0 saturated carbocycles. The molecule has 3 N–H and O–H groups in total. The van der Waals surface area contributed by atoms with Crippen LogP contribution in [0, 0.1) is 0 Å². The van der Waals surface area contributed by atoms with Gasteiger partial charge in [0.2, 0.25) is 5.91 Å². The van der Waals surface area contributed by atoms with Crippen LogP contribution < -0.4 is 16.4 Å². The fraction of sp³-hybridized carbons (Fsp3) is 0.0556. The van der Waals surface area contributed by atoms with Crippen LogP contribution in [-0.4, -0.2) is 27.0 Å². The average molecular weight is 411 g/mol. The summed E-state index contributed by atoms with van der Waals surface area (Å²) >= 11 is 3.04. The van der Waals surface area contributed by atoms with E-state index in [0.29, 0.717) is 16.5 Å². The number of thiophene rings is 1. The van der Waals surface area contributed by atoms with E-state index in [9.17, 15) is 14.4 Å². The van der Waals surface area contributed by atoms with Crippen LogP contribution in [0.15, 0.2) is 52.0 Å². The maximum Gasteiger partial charge on any atom is 0.290 e. The maximum atomic E-state index is 12.4. The van der Waals surface area contributed by atoms with Gasteiger partial charge in [-0.15, -0.1) is 22.7 Å². The van der Waals surface area contributed by atoms with Crippen molar-refractivity contribution >= 4 is 45.3 Å². The number of hydrogen-bond donors (Lipinski definition) is 3. The number of nitrogens with zero attached hydrogens (tertiary/aromatic N) is 2. The second kappa shape index (κ2) is 7.71. The van der Waals surface area contributed by atoms with Crippen molar-refractivity contribution < 1.29 is 9.59 Å². The predicted octanol–water partition coefficient (Wildman–Crippen LogP) is 2.11. The SMILES string of the molecule is O=C(Cc1csc(-c2cccs2)n1)NNC(=O)c1n[nH]c(=O)c2ccccc12. The Labute approximate surface area is 166 Å². The van der Waals surface area contributed by atoms with Gasteiger partial charge >= 0.3 is 0 Å². The van der Waals surface area contributed by atoms with E-state index in [1.165, 1.54) is 11.3 Å². The van der Waals surface area contributed by atoms with Gasteiger partial charge in [0.1, 0.15) is 5.01 Å². The third-order valence-electron chi connectivity index (χ3n) is 3.85. The summed E-state index contributed by atoms with van der Waals surface area (Å²) in [5.74, 6) is -1.04. The van der Waals surface area contributed by atoms with Crippen LogP contribution in [0.1, 0.15) is 16.2 Å². The van der Waals surface area contributed by atoms with Crippen molar-refractivity contribution in [1.82, 2.24) is 26.0 Å². The Morgan fingerprint density at radius 3 is 2.64 bits per heavy atom. The molecule has 3 aromatic heterocycles. The van der Waals surface area contributed by atoms with Crippen LogP contribution >= 0.6 is 22.7 Å². The number of fused-ring (bicyclic) bond motifs is 1. The van der Waals surface area contributed by atoms with Gasteiger partial charge in [-0.25, -0.2) is 10.1 Å². The number of hydrazine groups is 1. The van der Waals surface area contributed by atoms with Gasteiger partial charge in [0, 0.05) is 10.8 Å². The Hall–Kier alpha value is -3.37. The molecule has 0 spiro atoms. The predicted molar refractivity (Wildman–Crippen MR) is 107 cm³/mol. The first-order valence-electron chi connectivity index (χ1n) is 8.16. The molecule has 0 aliphatic heterocycles. The molecular formula is C18H13N5O3S2. The molecule has 0 saturated heterocycles. The Balaban J connectivity index is 1.41. The van der Waals surface area contributed by atoms with E-state index in [-0.39, 0.29) is 17.7 Å². The van der Waals surface area contributed by atoms with E-state index < -0.39 is 11.8 Å². The van der Waals surface area contributed by atoms with E-state index >= 15 is 0 Å². The zero-order chi connectivity index (χ0) is 19.5. The number of carbonyl (C=O) groups is 2. The number of thiazole rings is 1. The highest BCUT2D eigenvalue weighted by Gasteiger charge is 2.15. The van der Waals surface area contributed by atoms with Crippen molar-refractivity contribution in [2.75, 3.05) is 0 Å². The van der Waals surface area contributed by atoms with Crippen LogP contribution in [-0.2, 0) is 11.2 Å². The van der Waals surface area contributed by atoms with Gasteiger partial charge in [-0.1, -0.05) is 24.3 Å². The number of benzene rings is 1. The molecule has 0 bridgehead atoms. The third-order valence-corrected chi connectivity index (χ3v) is 5.78. The molecule has 0 radical (unpaired) electrons. The summed E-state index contributed by atoms with van der Waals surface area (Å²) in [6.07, 6.45) is 0.0297. The summed E-state index contributed by atoms with van der Waals surface area (Å²) in [6.45, 7) is 0. The molecule has 140 valence electrons. The lowest BCUT2D eigenvalue weighted by Crippen LogP contribution is -2.43. The van der Waals surface area contributed by atoms with Crippen molar-refractivity contribution in [3.63, 3.8) is 0 Å². The van der Waals surface area contributed by atoms with Crippen molar-refractivity contribution in [3.8, 4) is 9.88 Å². The first kappa shape index (κ1) is 18.0. The molecule has 8 nitrogen and oxygen atoms in total. The molecule has 4 aromatic rings. The molecule has 0 aliphatic rings. The molecule has 1 aromatic carbocycles. The van der Waals surface area contributed by atoms with E-state index in [2.05, 4.69) is 26.0 Å². The molecule has 0 aliphatic carbocycles. The minimum atomic E-state index is -0.627. The summed E-state index contributed by atoms with van der Waals surface area (Å²) in [5.41, 5.74) is 4.92. The fourth-order valence-electron chi connectivity index (χ4n) is 2.58. The average Bonchev–Trinajstić information content (AvgIpc) is 3.38. The number of nitrogens with one attached hydrogen (secondary N) is 3. The van der Waals surface area contributed by atoms with Gasteiger partial charge in [-0.3, -0.25) is 25.2 Å². The van der Waals surface area contributed by atoms with Gasteiger partial charge in [0.25, 0.3) is 11.5 Å². The van der Waals surface area contributed by atoms with Crippen LogP contribution in [0.3, 0.4) is 0 Å². The topological polar surface area (TPSA) is 117 Å². The largest absolute Gasteiger partial charge is 0.290 e. The molecule has 4 rings (SSSR count). The Morgan fingerprint density at radius 1 is 1.04 bits per heavy atom. The summed E-state index contributed by atoms with van der Waals surface area (Å²) < 4.78 is 0. The second-order valence-electron chi connectivity index (χ2n) is 5.75. The zero-order valence-electron chi connectivity index (χ0n) is 14.3. The quantitative estimate of drug-likeness (QED) is 0.445. The Kier molecular flexibility index (Phi) is 4.96. The number of aromatic nitrogens is 3. The summed E-state index contributed by atoms with van der Waals surface area (Å²) in [4.78, 5) is 41.7. The van der Waals surface area contributed by atoms with E-state index in [4.69, 9.17) is 0 Å². The summed E-state index contributed by atoms with van der Waals surface area (Å²) in [5, 5.41) is 11.4. The Bertz CT molecular complexity index is 1210. The standard InChI is InChI=1S/C18H13N5O3S2/c24-14(8-10-9-28-18(19-10)13-6-3-7-27-13)20-23-17(26)15-11-4-1-2-5-12(11)16(25)22-21-15/h1-7,9H,8H2,(H,20,24)(H,22,25)(H,23,26). The number of hydrogen-bond acceptors (Lipinski definition) is 7. The second-order valence-corrected chi connectivity index (χ2v) is 7.55. The van der Waals surface area contributed by atoms with Gasteiger partial charge in [0.15, 0.2) is 5.69 Å². The molecule has 0 unspecified atom stereocenters. The highest BCUT2D eigenvalue weighted by atomic mass is 32.1. The van der Waals surface area contributed by atoms with Gasteiger partial charge in [-0.2, -0.15) is 5.10 Å². The van der Waals surface area contributed by atoms with Crippen molar-refractivity contribution in [3.05, 3.63) is 68.9 Å². The van der Waals surface area contributed by atoms with Gasteiger partial charge in [-0.05, 0) is 17.5 Å². The molecule has 2 amide bonds. The van der Waals surface area contributed by atoms with Crippen molar-refractivity contribution in [2.45, 2.75) is 6.42 Å². The van der Waals surface area contributed by atoms with E-state index in [0.717, 1.165) is 9.88 Å². The number of carbonyl (C=O) groups excluding carboxylic acids is 2. The van der Waals surface area contributed by atoms with E-state index in [1.807, 2.05) is 22.9 Å². The third kappa shape index (κ3) is 3.68. The molecule has 28 heavy (non-hydrogen) atoms. The minimum Gasteiger partial charge on any atom is -0.273 e. The molecular weight excluding hydrogens is 398 g/mol. The first-order valence-corrected chi connectivity index (χ1v) is 9.92. The van der Waals surface area contributed by atoms with Gasteiger partial charge < -0.3 is 0 Å². The highest BCUT2D eigenvalue weighted by molar-refractivity contribution is 7.20. The number of rotatable bonds is 4. The van der Waals surface area contributed by atoms with Crippen LogP contribution in [0.25, 0.3) is 20.7 Å². The number of H-pyrrole nitrogens is 1. The van der Waals surface area contributed by atoms with Crippen LogP contribution in [0.5, 0.6) is 0 Å². The molecule has 0 fully saturated rings. The normalized spacial score (nSPS) is 10.7. The lowest BCUT2D eigenvalue weighted by Gasteiger charge is -2.07. The molecule has 10 heteroatoms. The van der Waals surface area contributed by atoms with E-state index in [1.54, 1.807) is 35.6 Å². The first-order chi connectivity index (χ1) is 13.6. The molecule has 0 atom stereocenters. The summed E-state index contributed by atoms with van der Waals surface area (Å²) in [7, 11) is 0. The lowest BCUT2D eigenvalue weighted by atomic mass is 10.1. The van der Waals surface area contributed by atoms with Crippen molar-refractivity contribution in [1.29, 1.82) is 0 Å². The van der Waals surface area contributed by atoms with Crippen molar-refractivity contribution in [2.24, 2.45) is 0 Å². The zero-order valence-corrected chi connectivity index (χ0v) is 15.9. The fourth-order valence-corrected chi connectivity index (χ4v) is 4.22. The van der Waals surface area contributed by atoms with Crippen LogP contribution in [0.4, 0.5) is 0 Å². The lowest BCUT2D eigenvalue weighted by molar-refractivity contribution is -0.121. The minimum absolute atomic E-state index is 0.0177. The maximum absolute atomic E-state index is 12.4. The Morgan fingerprint density at radius 2 is 1.86 bits per heavy atom. The smallest absolute Gasteiger partial charge is 0.273 e. The number of amides is 2. The number of aromatic amines is 1. The van der Waals surface area contributed by atoms with Gasteiger partial charge in [0.05, 0.1) is 22.4 Å². The summed E-state index contributed by atoms with van der Waals surface area (Å²) in [6, 6.07) is 10.5.